The summed E-state index contributed by atoms with van der Waals surface area (Å²) in [5, 5.41) is 15.3. The van der Waals surface area contributed by atoms with Gasteiger partial charge in [-0.15, -0.1) is 15.7 Å². The van der Waals surface area contributed by atoms with Crippen LogP contribution in [-0.4, -0.2) is 49.1 Å². The Bertz CT molecular complexity index is 1040. The van der Waals surface area contributed by atoms with Crippen molar-refractivity contribution in [3.63, 3.8) is 0 Å². The van der Waals surface area contributed by atoms with E-state index in [1.165, 1.54) is 0 Å². The predicted molar refractivity (Wildman–Crippen MR) is 128 cm³/mol. The Balaban J connectivity index is 2.02. The topological polar surface area (TPSA) is 81.1 Å². The van der Waals surface area contributed by atoms with Gasteiger partial charge in [0.1, 0.15) is 13.8 Å². The molecule has 3 rings (SSSR count). The van der Waals surface area contributed by atoms with Crippen molar-refractivity contribution in [3.8, 4) is 28.6 Å². The number of hydrogen-bond donors (Lipinski definition) is 2. The Morgan fingerprint density at radius 3 is 2.68 bits per heavy atom. The fraction of sp³-hybridized carbons (Fsp3) is 0.522. The maximum atomic E-state index is 13.3. The third-order valence-corrected chi connectivity index (χ3v) is 5.95. The average molecular weight is 440 g/mol. The van der Waals surface area contributed by atoms with E-state index in [0.717, 1.165) is 37.1 Å². The third-order valence-electron chi connectivity index (χ3n) is 5.07. The number of piperidine rings is 1. The third kappa shape index (κ3) is 5.74. The van der Waals surface area contributed by atoms with Gasteiger partial charge in [-0.1, -0.05) is 25.6 Å². The van der Waals surface area contributed by atoms with E-state index in [1.54, 1.807) is 11.7 Å². The lowest BCUT2D eigenvalue weighted by atomic mass is 10.1. The molecule has 2 aromatic rings. The molecule has 1 atom stereocenters. The molecule has 0 saturated carbocycles. The zero-order chi connectivity index (χ0) is 22.6. The van der Waals surface area contributed by atoms with Gasteiger partial charge in [-0.25, -0.2) is 0 Å². The maximum Gasteiger partial charge on any atom is 0.297 e. The summed E-state index contributed by atoms with van der Waals surface area (Å²) in [6.07, 6.45) is 2.08. The second kappa shape index (κ2) is 9.67. The Kier molecular flexibility index (Phi) is 7.18. The van der Waals surface area contributed by atoms with E-state index in [1.807, 2.05) is 32.0 Å². The van der Waals surface area contributed by atoms with E-state index in [2.05, 4.69) is 51.9 Å². The number of hydrogen-bond acceptors (Lipinski definition) is 6. The van der Waals surface area contributed by atoms with Gasteiger partial charge >= 0.3 is 0 Å². The summed E-state index contributed by atoms with van der Waals surface area (Å²) in [7, 11) is 0.134. The molecule has 7 nitrogen and oxygen atoms in total. The quantitative estimate of drug-likeness (QED) is 0.550. The van der Waals surface area contributed by atoms with Gasteiger partial charge in [-0.3, -0.25) is 9.36 Å². The molecule has 2 N–H and O–H groups in total. The van der Waals surface area contributed by atoms with Crippen LogP contribution in [0.1, 0.15) is 38.3 Å². The first-order valence-corrected chi connectivity index (χ1v) is 14.4. The van der Waals surface area contributed by atoms with E-state index in [4.69, 9.17) is 4.74 Å². The van der Waals surface area contributed by atoms with E-state index >= 15 is 0 Å². The molecule has 1 aromatic heterocycles. The molecule has 8 heteroatoms. The first kappa shape index (κ1) is 23.0. The van der Waals surface area contributed by atoms with Crippen molar-refractivity contribution in [3.05, 3.63) is 34.1 Å². The molecule has 1 aromatic carbocycles. The lowest BCUT2D eigenvalue weighted by Gasteiger charge is -2.24. The summed E-state index contributed by atoms with van der Waals surface area (Å²) in [6, 6.07) is 5.86. The molecule has 0 amide bonds. The highest BCUT2D eigenvalue weighted by Gasteiger charge is 2.21. The Hall–Kier alpha value is -2.63. The van der Waals surface area contributed by atoms with Crippen molar-refractivity contribution < 1.29 is 4.74 Å². The van der Waals surface area contributed by atoms with Gasteiger partial charge in [0.2, 0.25) is 5.82 Å². The van der Waals surface area contributed by atoms with E-state index < -0.39 is 8.07 Å². The lowest BCUT2D eigenvalue weighted by molar-refractivity contribution is 0.415. The van der Waals surface area contributed by atoms with Gasteiger partial charge in [0.05, 0.1) is 12.7 Å². The summed E-state index contributed by atoms with van der Waals surface area (Å²) < 4.78 is 7.31. The summed E-state index contributed by atoms with van der Waals surface area (Å²) in [6.45, 7) is 12.4. The molecular weight excluding hydrogens is 406 g/mol. The standard InChI is InChI=1S/C23H33N5O2Si/c1-16(2)28-22(27-26-21(23(28)29)25-18-8-7-12-24-15-18)19-10-9-17(14-20(19)30-3)11-13-31(4,5)6/h9-10,14,16,18,24H,7-8,12,15H2,1-6H3,(H,25,26)/t18-/m1/s1. The minimum absolute atomic E-state index is 0.0842. The summed E-state index contributed by atoms with van der Waals surface area (Å²) in [5.74, 6) is 4.67. The van der Waals surface area contributed by atoms with Crippen LogP contribution in [0.4, 0.5) is 5.82 Å². The van der Waals surface area contributed by atoms with Crippen LogP contribution in [0.15, 0.2) is 23.0 Å². The van der Waals surface area contributed by atoms with Crippen LogP contribution in [0.3, 0.4) is 0 Å². The highest BCUT2D eigenvalue weighted by Crippen LogP contribution is 2.30. The second-order valence-corrected chi connectivity index (χ2v) is 14.0. The monoisotopic (exact) mass is 439 g/mol. The average Bonchev–Trinajstić information content (AvgIpc) is 2.73. The van der Waals surface area contributed by atoms with Crippen molar-refractivity contribution >= 4 is 13.9 Å². The van der Waals surface area contributed by atoms with Gasteiger partial charge in [0.15, 0.2) is 5.82 Å². The number of methoxy groups -OCH3 is 1. The first-order valence-electron chi connectivity index (χ1n) is 10.9. The van der Waals surface area contributed by atoms with Crippen molar-refractivity contribution in [1.29, 1.82) is 0 Å². The minimum atomic E-state index is -1.48. The number of ether oxygens (including phenoxy) is 1. The molecule has 2 heterocycles. The van der Waals surface area contributed by atoms with Gasteiger partial charge in [-0.2, -0.15) is 0 Å². The molecule has 166 valence electrons. The van der Waals surface area contributed by atoms with Gasteiger partial charge in [0.25, 0.3) is 5.56 Å². The fourth-order valence-corrected chi connectivity index (χ4v) is 4.05. The van der Waals surface area contributed by atoms with Crippen molar-refractivity contribution in [2.75, 3.05) is 25.5 Å². The highest BCUT2D eigenvalue weighted by atomic mass is 28.3. The molecule has 1 saturated heterocycles. The smallest absolute Gasteiger partial charge is 0.297 e. The van der Waals surface area contributed by atoms with Crippen LogP contribution >= 0.6 is 0 Å². The first-order chi connectivity index (χ1) is 14.7. The summed E-state index contributed by atoms with van der Waals surface area (Å²) in [4.78, 5) is 13.3. The Morgan fingerprint density at radius 2 is 2.06 bits per heavy atom. The molecule has 0 aliphatic carbocycles. The lowest BCUT2D eigenvalue weighted by Crippen LogP contribution is -2.41. The molecule has 0 bridgehead atoms. The largest absolute Gasteiger partial charge is 0.496 e. The van der Waals surface area contributed by atoms with Crippen molar-refractivity contribution in [2.24, 2.45) is 0 Å². The zero-order valence-corrected chi connectivity index (χ0v) is 20.4. The molecule has 1 fully saturated rings. The summed E-state index contributed by atoms with van der Waals surface area (Å²) >= 11 is 0. The maximum absolute atomic E-state index is 13.3. The van der Waals surface area contributed by atoms with Gasteiger partial charge < -0.3 is 15.4 Å². The SMILES string of the molecule is COc1cc(C#C[Si](C)(C)C)ccc1-c1nnc(N[C@@H]2CCCNC2)c(=O)n1C(C)C. The van der Waals surface area contributed by atoms with Crippen molar-refractivity contribution in [2.45, 2.75) is 58.4 Å². The molecule has 1 aliphatic rings. The van der Waals surface area contributed by atoms with Crippen molar-refractivity contribution in [1.82, 2.24) is 20.1 Å². The van der Waals surface area contributed by atoms with Gasteiger partial charge in [0, 0.05) is 24.2 Å². The number of anilines is 1. The Labute approximate surface area is 185 Å². The van der Waals surface area contributed by atoms with E-state index in [-0.39, 0.29) is 17.6 Å². The van der Waals surface area contributed by atoms with Crippen LogP contribution in [0.2, 0.25) is 19.6 Å². The minimum Gasteiger partial charge on any atom is -0.496 e. The van der Waals surface area contributed by atoms with Crippen LogP contribution < -0.4 is 20.9 Å². The molecule has 0 unspecified atom stereocenters. The van der Waals surface area contributed by atoms with Crippen LogP contribution in [0.5, 0.6) is 5.75 Å². The number of rotatable bonds is 5. The normalized spacial score (nSPS) is 16.5. The Morgan fingerprint density at radius 1 is 1.29 bits per heavy atom. The highest BCUT2D eigenvalue weighted by molar-refractivity contribution is 6.83. The van der Waals surface area contributed by atoms with Gasteiger partial charge in [-0.05, 0) is 51.4 Å². The predicted octanol–water partition coefficient (Wildman–Crippen LogP) is 3.29. The molecule has 0 spiro atoms. The number of aromatic nitrogens is 3. The second-order valence-electron chi connectivity index (χ2n) is 9.24. The molecule has 0 radical (unpaired) electrons. The molecular formula is C23H33N5O2Si. The zero-order valence-electron chi connectivity index (χ0n) is 19.4. The van der Waals surface area contributed by atoms with Crippen LogP contribution in [0.25, 0.3) is 11.4 Å². The number of benzene rings is 1. The molecule has 31 heavy (non-hydrogen) atoms. The van der Waals surface area contributed by atoms with E-state index in [9.17, 15) is 4.79 Å². The summed E-state index contributed by atoms with van der Waals surface area (Å²) in [5.41, 5.74) is 4.81. The molecule has 1 aliphatic heterocycles. The van der Waals surface area contributed by atoms with Crippen LogP contribution in [0, 0.1) is 11.5 Å². The fourth-order valence-electron chi connectivity index (χ4n) is 3.53. The number of nitrogens with zero attached hydrogens (tertiary/aromatic N) is 3. The van der Waals surface area contributed by atoms with Crippen LogP contribution in [-0.2, 0) is 0 Å². The van der Waals surface area contributed by atoms with E-state index in [0.29, 0.717) is 17.4 Å². The number of nitrogens with one attached hydrogen (secondary N) is 2.